The van der Waals surface area contributed by atoms with Crippen molar-refractivity contribution in [2.24, 2.45) is 0 Å². The molecule has 0 saturated heterocycles. The highest BCUT2D eigenvalue weighted by atomic mass is 16.5. The monoisotopic (exact) mass is 350 g/mol. The Balaban J connectivity index is 2.06. The van der Waals surface area contributed by atoms with Crippen molar-refractivity contribution in [2.75, 3.05) is 19.5 Å². The van der Waals surface area contributed by atoms with Crippen molar-refractivity contribution in [1.82, 2.24) is 14.4 Å². The van der Waals surface area contributed by atoms with E-state index in [0.717, 1.165) is 0 Å². The summed E-state index contributed by atoms with van der Waals surface area (Å²) >= 11 is 0. The highest BCUT2D eigenvalue weighted by Crippen LogP contribution is 2.35. The summed E-state index contributed by atoms with van der Waals surface area (Å²) in [6, 6.07) is 10.7. The van der Waals surface area contributed by atoms with Crippen LogP contribution in [0.5, 0.6) is 0 Å². The predicted molar refractivity (Wildman–Crippen MR) is 94.1 cm³/mol. The first kappa shape index (κ1) is 15.8. The van der Waals surface area contributed by atoms with Gasteiger partial charge in [-0.05, 0) is 24.3 Å². The molecular weight excluding hydrogens is 336 g/mol. The van der Waals surface area contributed by atoms with Gasteiger partial charge in [-0.1, -0.05) is 12.1 Å². The maximum atomic E-state index is 12.5. The molecule has 8 heteroatoms. The van der Waals surface area contributed by atoms with Crippen LogP contribution < -0.4 is 5.32 Å². The van der Waals surface area contributed by atoms with Crippen LogP contribution in [0.25, 0.3) is 16.7 Å². The second-order valence-corrected chi connectivity index (χ2v) is 5.49. The summed E-state index contributed by atoms with van der Waals surface area (Å²) in [5.41, 5.74) is 1.79. The molecule has 0 bridgehead atoms. The topological polar surface area (TPSA) is 94.8 Å². The van der Waals surface area contributed by atoms with E-state index in [4.69, 9.17) is 9.47 Å². The first-order valence-corrected chi connectivity index (χ1v) is 7.77. The van der Waals surface area contributed by atoms with E-state index in [-0.39, 0.29) is 11.1 Å². The summed E-state index contributed by atoms with van der Waals surface area (Å²) < 4.78 is 11.5. The molecule has 26 heavy (non-hydrogen) atoms. The van der Waals surface area contributed by atoms with Gasteiger partial charge in [0.2, 0.25) is 0 Å². The van der Waals surface area contributed by atoms with Crippen LogP contribution in [0.1, 0.15) is 20.7 Å². The summed E-state index contributed by atoms with van der Waals surface area (Å²) in [6.45, 7) is 0. The molecule has 130 valence electrons. The van der Waals surface area contributed by atoms with Gasteiger partial charge in [-0.2, -0.15) is 0 Å². The van der Waals surface area contributed by atoms with Crippen molar-refractivity contribution in [3.05, 3.63) is 53.7 Å². The van der Waals surface area contributed by atoms with Crippen LogP contribution in [-0.2, 0) is 9.47 Å². The molecule has 0 unspecified atom stereocenters. The second-order valence-electron chi connectivity index (χ2n) is 5.49. The Labute approximate surface area is 147 Å². The Kier molecular flexibility index (Phi) is 3.65. The smallest absolute Gasteiger partial charge is 0.341 e. The SMILES string of the molecule is COC(=O)c1c(C(=O)OC)c2c(Nc3ccccn3)nc3cccc1n32. The van der Waals surface area contributed by atoms with Gasteiger partial charge in [-0.15, -0.1) is 0 Å². The Morgan fingerprint density at radius 3 is 2.46 bits per heavy atom. The normalized spacial score (nSPS) is 11.0. The molecule has 0 saturated carbocycles. The number of esters is 2. The fraction of sp³-hybridized carbons (Fsp3) is 0.111. The zero-order valence-electron chi connectivity index (χ0n) is 14.0. The van der Waals surface area contributed by atoms with Gasteiger partial charge in [0.25, 0.3) is 0 Å². The van der Waals surface area contributed by atoms with Crippen molar-refractivity contribution in [2.45, 2.75) is 0 Å². The van der Waals surface area contributed by atoms with Crippen LogP contribution in [0.15, 0.2) is 42.6 Å². The average Bonchev–Trinajstić information content (AvgIpc) is 3.21. The molecule has 0 atom stereocenters. The molecule has 0 aliphatic heterocycles. The van der Waals surface area contributed by atoms with Crippen LogP contribution in [0.4, 0.5) is 11.6 Å². The zero-order chi connectivity index (χ0) is 18.3. The summed E-state index contributed by atoms with van der Waals surface area (Å²) in [7, 11) is 2.53. The molecule has 0 aliphatic carbocycles. The highest BCUT2D eigenvalue weighted by Gasteiger charge is 2.31. The zero-order valence-corrected chi connectivity index (χ0v) is 14.0. The lowest BCUT2D eigenvalue weighted by Crippen LogP contribution is -2.10. The van der Waals surface area contributed by atoms with Crippen molar-refractivity contribution < 1.29 is 19.1 Å². The van der Waals surface area contributed by atoms with Crippen LogP contribution in [0.2, 0.25) is 0 Å². The van der Waals surface area contributed by atoms with E-state index in [1.165, 1.54) is 14.2 Å². The number of pyridine rings is 2. The van der Waals surface area contributed by atoms with Crippen molar-refractivity contribution >= 4 is 40.3 Å². The van der Waals surface area contributed by atoms with Crippen LogP contribution in [0.3, 0.4) is 0 Å². The van der Waals surface area contributed by atoms with E-state index >= 15 is 0 Å². The molecule has 0 aliphatic rings. The number of imidazole rings is 1. The van der Waals surface area contributed by atoms with Gasteiger partial charge in [-0.3, -0.25) is 4.40 Å². The van der Waals surface area contributed by atoms with Gasteiger partial charge in [0.05, 0.1) is 19.7 Å². The number of nitrogens with one attached hydrogen (secondary N) is 1. The van der Waals surface area contributed by atoms with Crippen molar-refractivity contribution in [3.63, 3.8) is 0 Å². The minimum absolute atomic E-state index is 0.103. The number of hydrogen-bond donors (Lipinski definition) is 1. The van der Waals surface area contributed by atoms with Crippen molar-refractivity contribution in [3.8, 4) is 0 Å². The molecule has 0 spiro atoms. The lowest BCUT2D eigenvalue weighted by Gasteiger charge is -2.05. The summed E-state index contributed by atoms with van der Waals surface area (Å²) in [4.78, 5) is 33.6. The fourth-order valence-corrected chi connectivity index (χ4v) is 3.02. The predicted octanol–water partition coefficient (Wildman–Crippen LogP) is 2.64. The molecule has 0 fully saturated rings. The van der Waals surface area contributed by atoms with Gasteiger partial charge in [0.15, 0.2) is 5.82 Å². The number of methoxy groups -OCH3 is 2. The summed E-state index contributed by atoms with van der Waals surface area (Å²) in [5, 5.41) is 3.10. The number of aromatic nitrogens is 3. The average molecular weight is 350 g/mol. The van der Waals surface area contributed by atoms with Gasteiger partial charge in [-0.25, -0.2) is 19.6 Å². The minimum atomic E-state index is -0.646. The quantitative estimate of drug-likeness (QED) is 0.565. The number of anilines is 2. The van der Waals surface area contributed by atoms with Gasteiger partial charge in [0, 0.05) is 6.20 Å². The van der Waals surface area contributed by atoms with Crippen molar-refractivity contribution in [1.29, 1.82) is 0 Å². The Hall–Kier alpha value is -3.68. The van der Waals surface area contributed by atoms with E-state index in [9.17, 15) is 9.59 Å². The fourth-order valence-electron chi connectivity index (χ4n) is 3.02. The Morgan fingerprint density at radius 2 is 1.77 bits per heavy atom. The summed E-state index contributed by atoms with van der Waals surface area (Å²) in [5.74, 6) is -0.308. The minimum Gasteiger partial charge on any atom is -0.465 e. The standard InChI is InChI=1S/C18H14N4O4/c1-25-17(23)13-10-6-5-8-12-21-16(20-11-7-3-4-9-19-11)15(22(10)12)14(13)18(24)26-2/h3-9H,1-2H3,(H,19,20,21). The van der Waals surface area contributed by atoms with E-state index in [2.05, 4.69) is 15.3 Å². The lowest BCUT2D eigenvalue weighted by molar-refractivity contribution is 0.0559. The van der Waals surface area contributed by atoms with Gasteiger partial charge in [0.1, 0.15) is 28.1 Å². The number of hydrogen-bond acceptors (Lipinski definition) is 7. The summed E-state index contributed by atoms with van der Waals surface area (Å²) in [6.07, 6.45) is 1.64. The van der Waals surface area contributed by atoms with E-state index in [1.54, 1.807) is 40.9 Å². The number of nitrogens with zero attached hydrogens (tertiary/aromatic N) is 3. The molecule has 4 heterocycles. The molecule has 1 N–H and O–H groups in total. The molecule has 0 amide bonds. The molecule has 4 rings (SSSR count). The Bertz CT molecular complexity index is 1120. The molecule has 8 nitrogen and oxygen atoms in total. The Morgan fingerprint density at radius 1 is 1.00 bits per heavy atom. The first-order chi connectivity index (χ1) is 12.7. The lowest BCUT2D eigenvalue weighted by atomic mass is 10.1. The van der Waals surface area contributed by atoms with Crippen LogP contribution in [-0.4, -0.2) is 40.5 Å². The number of carbonyl (C=O) groups excluding carboxylic acids is 2. The van der Waals surface area contributed by atoms with E-state index in [0.29, 0.717) is 28.3 Å². The molecule has 4 aromatic rings. The molecule has 0 radical (unpaired) electrons. The van der Waals surface area contributed by atoms with E-state index in [1.807, 2.05) is 6.07 Å². The first-order valence-electron chi connectivity index (χ1n) is 7.77. The van der Waals surface area contributed by atoms with Gasteiger partial charge < -0.3 is 14.8 Å². The number of carbonyl (C=O) groups is 2. The molecule has 4 aromatic heterocycles. The van der Waals surface area contributed by atoms with Crippen LogP contribution in [0, 0.1) is 0 Å². The third kappa shape index (κ3) is 2.23. The van der Waals surface area contributed by atoms with Gasteiger partial charge >= 0.3 is 11.9 Å². The number of rotatable bonds is 4. The third-order valence-corrected chi connectivity index (χ3v) is 4.08. The number of ether oxygens (including phenoxy) is 2. The van der Waals surface area contributed by atoms with Crippen LogP contribution >= 0.6 is 0 Å². The molecular formula is C18H14N4O4. The molecule has 0 aromatic carbocycles. The maximum Gasteiger partial charge on any atom is 0.341 e. The third-order valence-electron chi connectivity index (χ3n) is 4.08. The highest BCUT2D eigenvalue weighted by molar-refractivity contribution is 6.16. The maximum absolute atomic E-state index is 12.5. The second kappa shape index (κ2) is 5.99. The van der Waals surface area contributed by atoms with E-state index < -0.39 is 11.9 Å². The largest absolute Gasteiger partial charge is 0.465 e.